The van der Waals surface area contributed by atoms with Crippen molar-refractivity contribution in [3.63, 3.8) is 0 Å². The van der Waals surface area contributed by atoms with Crippen LogP contribution in [0.2, 0.25) is 0 Å². The van der Waals surface area contributed by atoms with Gasteiger partial charge in [-0.2, -0.15) is 0 Å². The van der Waals surface area contributed by atoms with Gasteiger partial charge in [-0.15, -0.1) is 0 Å². The van der Waals surface area contributed by atoms with E-state index in [-0.39, 0.29) is 23.4 Å². The SMILES string of the molecule is CC(=O)c1ccc2c(c1F)B(O)OC2. The normalized spacial score (nSPS) is 14.4. The van der Waals surface area contributed by atoms with Crippen LogP contribution in [0.4, 0.5) is 4.39 Å². The summed E-state index contributed by atoms with van der Waals surface area (Å²) in [5, 5.41) is 9.29. The highest BCUT2D eigenvalue weighted by molar-refractivity contribution is 6.61. The molecule has 14 heavy (non-hydrogen) atoms. The van der Waals surface area contributed by atoms with Gasteiger partial charge in [0.05, 0.1) is 12.2 Å². The first-order chi connectivity index (χ1) is 6.61. The number of ketones is 1. The lowest BCUT2D eigenvalue weighted by atomic mass is 9.78. The van der Waals surface area contributed by atoms with E-state index in [4.69, 9.17) is 4.65 Å². The number of carbonyl (C=O) groups is 1. The minimum Gasteiger partial charge on any atom is -0.423 e. The number of benzene rings is 1. The smallest absolute Gasteiger partial charge is 0.423 e. The fourth-order valence-electron chi connectivity index (χ4n) is 1.55. The molecular formula is C9H8BFO3. The highest BCUT2D eigenvalue weighted by Gasteiger charge is 2.32. The third-order valence-electron chi connectivity index (χ3n) is 2.29. The zero-order valence-corrected chi connectivity index (χ0v) is 7.58. The lowest BCUT2D eigenvalue weighted by molar-refractivity contribution is 0.101. The first-order valence-corrected chi connectivity index (χ1v) is 4.23. The van der Waals surface area contributed by atoms with Crippen LogP contribution < -0.4 is 5.46 Å². The molecule has 0 spiro atoms. The van der Waals surface area contributed by atoms with E-state index in [0.717, 1.165) is 0 Å². The second-order valence-corrected chi connectivity index (χ2v) is 3.22. The number of rotatable bonds is 1. The van der Waals surface area contributed by atoms with Crippen molar-refractivity contribution in [1.29, 1.82) is 0 Å². The molecule has 0 bridgehead atoms. The lowest BCUT2D eigenvalue weighted by Gasteiger charge is -2.04. The van der Waals surface area contributed by atoms with E-state index in [1.807, 2.05) is 0 Å². The molecule has 72 valence electrons. The summed E-state index contributed by atoms with van der Waals surface area (Å²) in [6, 6.07) is 3.02. The fourth-order valence-corrected chi connectivity index (χ4v) is 1.55. The molecule has 3 nitrogen and oxygen atoms in total. The van der Waals surface area contributed by atoms with Gasteiger partial charge in [-0.3, -0.25) is 4.79 Å². The largest absolute Gasteiger partial charge is 0.494 e. The molecule has 1 aliphatic heterocycles. The number of carbonyl (C=O) groups excluding carboxylic acids is 1. The van der Waals surface area contributed by atoms with Crippen molar-refractivity contribution in [2.75, 3.05) is 0 Å². The van der Waals surface area contributed by atoms with E-state index in [0.29, 0.717) is 5.56 Å². The average Bonchev–Trinajstić information content (AvgIpc) is 2.48. The lowest BCUT2D eigenvalue weighted by Crippen LogP contribution is -2.32. The minimum absolute atomic E-state index is 0.00620. The first-order valence-electron chi connectivity index (χ1n) is 4.23. The van der Waals surface area contributed by atoms with Crippen molar-refractivity contribution >= 4 is 18.4 Å². The Labute approximate surface area is 80.6 Å². The van der Waals surface area contributed by atoms with Crippen molar-refractivity contribution in [3.05, 3.63) is 29.1 Å². The minimum atomic E-state index is -1.25. The van der Waals surface area contributed by atoms with Gasteiger partial charge in [-0.05, 0) is 18.6 Å². The van der Waals surface area contributed by atoms with Gasteiger partial charge >= 0.3 is 7.12 Å². The Kier molecular flexibility index (Phi) is 2.13. The van der Waals surface area contributed by atoms with Gasteiger partial charge in [0.1, 0.15) is 5.82 Å². The van der Waals surface area contributed by atoms with Crippen molar-refractivity contribution in [3.8, 4) is 0 Å². The monoisotopic (exact) mass is 194 g/mol. The van der Waals surface area contributed by atoms with E-state index in [1.54, 1.807) is 6.07 Å². The zero-order chi connectivity index (χ0) is 10.3. The first kappa shape index (κ1) is 9.36. The van der Waals surface area contributed by atoms with Crippen LogP contribution >= 0.6 is 0 Å². The molecule has 1 aromatic rings. The van der Waals surface area contributed by atoms with E-state index in [9.17, 15) is 14.2 Å². The van der Waals surface area contributed by atoms with Gasteiger partial charge < -0.3 is 9.68 Å². The maximum Gasteiger partial charge on any atom is 0.494 e. The van der Waals surface area contributed by atoms with Crippen LogP contribution in [-0.2, 0) is 11.3 Å². The summed E-state index contributed by atoms with van der Waals surface area (Å²) in [7, 11) is -1.25. The molecule has 0 saturated heterocycles. The molecular weight excluding hydrogens is 186 g/mol. The summed E-state index contributed by atoms with van der Waals surface area (Å²) in [6.07, 6.45) is 0. The Bertz CT molecular complexity index is 405. The second-order valence-electron chi connectivity index (χ2n) is 3.22. The van der Waals surface area contributed by atoms with Crippen LogP contribution in [0.25, 0.3) is 0 Å². The molecule has 0 atom stereocenters. The molecule has 0 unspecified atom stereocenters. The van der Waals surface area contributed by atoms with Gasteiger partial charge in [0.15, 0.2) is 5.78 Å². The van der Waals surface area contributed by atoms with Crippen LogP contribution in [0.1, 0.15) is 22.8 Å². The molecule has 5 heteroatoms. The second kappa shape index (κ2) is 3.18. The maximum atomic E-state index is 13.6. The van der Waals surface area contributed by atoms with Crippen LogP contribution in [0.3, 0.4) is 0 Å². The maximum absolute atomic E-state index is 13.6. The fraction of sp³-hybridized carbons (Fsp3) is 0.222. The predicted octanol–water partition coefficient (Wildman–Crippen LogP) is 0.246. The van der Waals surface area contributed by atoms with Gasteiger partial charge in [0, 0.05) is 5.46 Å². The van der Waals surface area contributed by atoms with Crippen LogP contribution in [0.5, 0.6) is 0 Å². The molecule has 1 heterocycles. The Balaban J connectivity index is 2.61. The van der Waals surface area contributed by atoms with Gasteiger partial charge in [0.25, 0.3) is 0 Å². The van der Waals surface area contributed by atoms with Crippen molar-refractivity contribution in [2.24, 2.45) is 0 Å². The predicted molar refractivity (Wildman–Crippen MR) is 48.8 cm³/mol. The van der Waals surface area contributed by atoms with Crippen LogP contribution in [0.15, 0.2) is 12.1 Å². The summed E-state index contributed by atoms with van der Waals surface area (Å²) < 4.78 is 18.5. The summed E-state index contributed by atoms with van der Waals surface area (Å²) in [4.78, 5) is 11.0. The summed E-state index contributed by atoms with van der Waals surface area (Å²) in [6.45, 7) is 1.47. The third kappa shape index (κ3) is 1.25. The summed E-state index contributed by atoms with van der Waals surface area (Å²) >= 11 is 0. The van der Waals surface area contributed by atoms with Crippen molar-refractivity contribution < 1.29 is 18.9 Å². The zero-order valence-electron chi connectivity index (χ0n) is 7.58. The molecule has 2 rings (SSSR count). The molecule has 0 aliphatic carbocycles. The Hall–Kier alpha value is -1.20. The van der Waals surface area contributed by atoms with E-state index in [1.165, 1.54) is 13.0 Å². The topological polar surface area (TPSA) is 46.5 Å². The van der Waals surface area contributed by atoms with E-state index >= 15 is 0 Å². The third-order valence-corrected chi connectivity index (χ3v) is 2.29. The van der Waals surface area contributed by atoms with Gasteiger partial charge in [0.2, 0.25) is 0 Å². The Morgan fingerprint density at radius 2 is 2.36 bits per heavy atom. The average molecular weight is 194 g/mol. The molecule has 1 aromatic carbocycles. The number of hydrogen-bond donors (Lipinski definition) is 1. The van der Waals surface area contributed by atoms with Crippen LogP contribution in [-0.4, -0.2) is 17.9 Å². The highest BCUT2D eigenvalue weighted by atomic mass is 19.1. The number of fused-ring (bicyclic) bond motifs is 1. The van der Waals surface area contributed by atoms with Crippen molar-refractivity contribution in [2.45, 2.75) is 13.5 Å². The summed E-state index contributed by atoms with van der Waals surface area (Å²) in [5.41, 5.74) is 0.686. The van der Waals surface area contributed by atoms with Gasteiger partial charge in [-0.25, -0.2) is 4.39 Å². The quantitative estimate of drug-likeness (QED) is 0.514. The molecule has 0 amide bonds. The van der Waals surface area contributed by atoms with Crippen molar-refractivity contribution in [1.82, 2.24) is 0 Å². The molecule has 1 aliphatic rings. The Morgan fingerprint density at radius 3 is 3.00 bits per heavy atom. The highest BCUT2D eigenvalue weighted by Crippen LogP contribution is 2.15. The molecule has 0 aromatic heterocycles. The number of hydrogen-bond acceptors (Lipinski definition) is 3. The molecule has 0 saturated carbocycles. The standard InChI is InChI=1S/C9H8BFO3/c1-5(12)7-3-2-6-4-14-10(13)8(6)9(7)11/h2-3,13H,4H2,1H3. The number of halogens is 1. The van der Waals surface area contributed by atoms with Crippen LogP contribution in [0, 0.1) is 5.82 Å². The number of Topliss-reactive ketones (excluding diaryl/α,β-unsaturated/α-hetero) is 1. The van der Waals surface area contributed by atoms with E-state index in [2.05, 4.69) is 0 Å². The Morgan fingerprint density at radius 1 is 1.64 bits per heavy atom. The molecule has 0 radical (unpaired) electrons. The van der Waals surface area contributed by atoms with Gasteiger partial charge in [-0.1, -0.05) is 6.07 Å². The molecule has 1 N–H and O–H groups in total. The van der Waals surface area contributed by atoms with E-state index < -0.39 is 12.9 Å². The summed E-state index contributed by atoms with van der Waals surface area (Å²) in [5.74, 6) is -1.02. The molecule has 0 fully saturated rings.